The van der Waals surface area contributed by atoms with E-state index in [0.717, 1.165) is 11.3 Å². The standard InChI is InChI=1S/C17H16Cl2N2O2S/c1-24-10-11-2-4-12(5-3-11)17(23)20-9-16(22)21-15-8-13(18)6-7-14(15)19/h2-8H,9-10H2,1H3,(H,20,23)(H,21,22). The van der Waals surface area contributed by atoms with Crippen molar-refractivity contribution in [1.29, 1.82) is 0 Å². The maximum atomic E-state index is 12.0. The van der Waals surface area contributed by atoms with Crippen LogP contribution in [-0.4, -0.2) is 24.6 Å². The van der Waals surface area contributed by atoms with Gasteiger partial charge in [0.2, 0.25) is 5.91 Å². The third kappa shape index (κ3) is 5.44. The van der Waals surface area contributed by atoms with E-state index in [1.807, 2.05) is 18.4 Å². The topological polar surface area (TPSA) is 58.2 Å². The molecule has 4 nitrogen and oxygen atoms in total. The van der Waals surface area contributed by atoms with Crippen LogP contribution in [0.1, 0.15) is 15.9 Å². The van der Waals surface area contributed by atoms with Crippen LogP contribution in [0.2, 0.25) is 10.0 Å². The summed E-state index contributed by atoms with van der Waals surface area (Å²) >= 11 is 13.6. The summed E-state index contributed by atoms with van der Waals surface area (Å²) < 4.78 is 0. The highest BCUT2D eigenvalue weighted by molar-refractivity contribution is 7.97. The van der Waals surface area contributed by atoms with E-state index in [9.17, 15) is 9.59 Å². The molecule has 7 heteroatoms. The molecule has 0 aliphatic heterocycles. The van der Waals surface area contributed by atoms with Crippen molar-refractivity contribution in [2.75, 3.05) is 18.1 Å². The van der Waals surface area contributed by atoms with Crippen LogP contribution in [0.3, 0.4) is 0 Å². The Morgan fingerprint density at radius 3 is 2.46 bits per heavy atom. The van der Waals surface area contributed by atoms with Gasteiger partial charge in [-0.3, -0.25) is 9.59 Å². The van der Waals surface area contributed by atoms with E-state index >= 15 is 0 Å². The van der Waals surface area contributed by atoms with E-state index in [0.29, 0.717) is 21.3 Å². The van der Waals surface area contributed by atoms with Crippen LogP contribution in [0, 0.1) is 0 Å². The molecule has 24 heavy (non-hydrogen) atoms. The van der Waals surface area contributed by atoms with Gasteiger partial charge in [-0.2, -0.15) is 11.8 Å². The van der Waals surface area contributed by atoms with Gasteiger partial charge < -0.3 is 10.6 Å². The molecular weight excluding hydrogens is 367 g/mol. The van der Waals surface area contributed by atoms with Crippen LogP contribution in [0.4, 0.5) is 5.69 Å². The molecule has 0 unspecified atom stereocenters. The summed E-state index contributed by atoms with van der Waals surface area (Å²) in [5.41, 5.74) is 2.06. The van der Waals surface area contributed by atoms with Gasteiger partial charge in [-0.15, -0.1) is 0 Å². The number of hydrogen-bond acceptors (Lipinski definition) is 3. The second kappa shape index (κ2) is 8.97. The summed E-state index contributed by atoms with van der Waals surface area (Å²) in [6.45, 7) is -0.158. The molecule has 0 heterocycles. The molecule has 0 saturated heterocycles. The van der Waals surface area contributed by atoms with Crippen LogP contribution in [0.25, 0.3) is 0 Å². The van der Waals surface area contributed by atoms with Crippen molar-refractivity contribution in [2.45, 2.75) is 5.75 Å². The van der Waals surface area contributed by atoms with Crippen LogP contribution in [0.5, 0.6) is 0 Å². The smallest absolute Gasteiger partial charge is 0.251 e. The van der Waals surface area contributed by atoms with Crippen molar-refractivity contribution in [3.8, 4) is 0 Å². The first-order valence-corrected chi connectivity index (χ1v) is 9.25. The fourth-order valence-corrected chi connectivity index (χ4v) is 2.83. The SMILES string of the molecule is CSCc1ccc(C(=O)NCC(=O)Nc2cc(Cl)ccc2Cl)cc1. The average molecular weight is 383 g/mol. The number of benzene rings is 2. The molecule has 0 saturated carbocycles. The molecule has 0 atom stereocenters. The lowest BCUT2D eigenvalue weighted by Gasteiger charge is -2.09. The molecule has 0 fully saturated rings. The van der Waals surface area contributed by atoms with Gasteiger partial charge in [0.25, 0.3) is 5.91 Å². The van der Waals surface area contributed by atoms with E-state index in [2.05, 4.69) is 10.6 Å². The van der Waals surface area contributed by atoms with Gasteiger partial charge in [-0.25, -0.2) is 0 Å². The Balaban J connectivity index is 1.88. The third-order valence-corrected chi connectivity index (χ3v) is 4.33. The average Bonchev–Trinajstić information content (AvgIpc) is 2.57. The summed E-state index contributed by atoms with van der Waals surface area (Å²) in [6.07, 6.45) is 2.02. The molecule has 126 valence electrons. The molecular formula is C17H16Cl2N2O2S. The van der Waals surface area contributed by atoms with Gasteiger partial charge in [-0.1, -0.05) is 35.3 Å². The number of halogens is 2. The van der Waals surface area contributed by atoms with Gasteiger partial charge in [0.05, 0.1) is 17.3 Å². The van der Waals surface area contributed by atoms with Crippen LogP contribution < -0.4 is 10.6 Å². The van der Waals surface area contributed by atoms with Gasteiger partial charge in [0.1, 0.15) is 0 Å². The first kappa shape index (κ1) is 18.6. The van der Waals surface area contributed by atoms with Crippen LogP contribution >= 0.6 is 35.0 Å². The van der Waals surface area contributed by atoms with Gasteiger partial charge in [-0.05, 0) is 42.2 Å². The summed E-state index contributed by atoms with van der Waals surface area (Å²) in [4.78, 5) is 24.0. The predicted octanol–water partition coefficient (Wildman–Crippen LogP) is 4.22. The first-order valence-electron chi connectivity index (χ1n) is 7.10. The molecule has 0 spiro atoms. The minimum absolute atomic E-state index is 0.158. The molecule has 0 aliphatic rings. The highest BCUT2D eigenvalue weighted by Gasteiger charge is 2.10. The highest BCUT2D eigenvalue weighted by atomic mass is 35.5. The normalized spacial score (nSPS) is 10.3. The Hall–Kier alpha value is -1.69. The highest BCUT2D eigenvalue weighted by Crippen LogP contribution is 2.25. The maximum absolute atomic E-state index is 12.0. The Kier molecular flexibility index (Phi) is 6.97. The quantitative estimate of drug-likeness (QED) is 0.785. The van der Waals surface area contributed by atoms with Gasteiger partial charge >= 0.3 is 0 Å². The second-order valence-corrected chi connectivity index (χ2v) is 6.69. The van der Waals surface area contributed by atoms with Crippen molar-refractivity contribution in [3.63, 3.8) is 0 Å². The molecule has 2 amide bonds. The number of anilines is 1. The lowest BCUT2D eigenvalue weighted by molar-refractivity contribution is -0.115. The predicted molar refractivity (Wildman–Crippen MR) is 101 cm³/mol. The van der Waals surface area contributed by atoms with Crippen LogP contribution in [0.15, 0.2) is 42.5 Å². The molecule has 0 radical (unpaired) electrons. The zero-order valence-corrected chi connectivity index (χ0v) is 15.3. The van der Waals surface area contributed by atoms with Gasteiger partial charge in [0, 0.05) is 16.3 Å². The fourth-order valence-electron chi connectivity index (χ4n) is 1.97. The monoisotopic (exact) mass is 382 g/mol. The first-order chi connectivity index (χ1) is 11.5. The van der Waals surface area contributed by atoms with Crippen molar-refractivity contribution >= 4 is 52.5 Å². The zero-order chi connectivity index (χ0) is 17.5. The lowest BCUT2D eigenvalue weighted by atomic mass is 10.1. The summed E-state index contributed by atoms with van der Waals surface area (Å²) in [5.74, 6) is 0.203. The lowest BCUT2D eigenvalue weighted by Crippen LogP contribution is -2.32. The largest absolute Gasteiger partial charge is 0.343 e. The van der Waals surface area contributed by atoms with E-state index in [1.54, 1.807) is 42.1 Å². The maximum Gasteiger partial charge on any atom is 0.251 e. The number of amides is 2. The van der Waals surface area contributed by atoms with E-state index in [1.165, 1.54) is 0 Å². The van der Waals surface area contributed by atoms with E-state index in [-0.39, 0.29) is 18.4 Å². The number of carbonyl (C=O) groups is 2. The van der Waals surface area contributed by atoms with Crippen LogP contribution in [-0.2, 0) is 10.5 Å². The van der Waals surface area contributed by atoms with Gasteiger partial charge in [0.15, 0.2) is 0 Å². The zero-order valence-electron chi connectivity index (χ0n) is 12.9. The second-order valence-electron chi connectivity index (χ2n) is 4.98. The number of thioether (sulfide) groups is 1. The fraction of sp³-hybridized carbons (Fsp3) is 0.176. The van der Waals surface area contributed by atoms with Crippen molar-refractivity contribution in [3.05, 3.63) is 63.6 Å². The van der Waals surface area contributed by atoms with E-state index in [4.69, 9.17) is 23.2 Å². The van der Waals surface area contributed by atoms with Crippen molar-refractivity contribution in [1.82, 2.24) is 5.32 Å². The molecule has 2 aromatic rings. The molecule has 2 N–H and O–H groups in total. The Bertz CT molecular complexity index is 736. The number of rotatable bonds is 6. The number of carbonyl (C=O) groups excluding carboxylic acids is 2. The molecule has 2 aromatic carbocycles. The summed E-state index contributed by atoms with van der Waals surface area (Å²) in [5, 5.41) is 6.02. The third-order valence-electron chi connectivity index (χ3n) is 3.14. The molecule has 0 aromatic heterocycles. The molecule has 2 rings (SSSR count). The Morgan fingerprint density at radius 1 is 1.08 bits per heavy atom. The van der Waals surface area contributed by atoms with Crippen molar-refractivity contribution in [2.24, 2.45) is 0 Å². The Labute approximate surface area is 154 Å². The molecule has 0 bridgehead atoms. The summed E-state index contributed by atoms with van der Waals surface area (Å²) in [7, 11) is 0. The van der Waals surface area contributed by atoms with Crippen molar-refractivity contribution < 1.29 is 9.59 Å². The number of nitrogens with one attached hydrogen (secondary N) is 2. The minimum atomic E-state index is -0.383. The number of hydrogen-bond donors (Lipinski definition) is 2. The molecule has 0 aliphatic carbocycles. The Morgan fingerprint density at radius 2 is 1.79 bits per heavy atom. The minimum Gasteiger partial charge on any atom is -0.343 e. The summed E-state index contributed by atoms with van der Waals surface area (Å²) in [6, 6.07) is 12.1. The van der Waals surface area contributed by atoms with E-state index < -0.39 is 0 Å².